The zero-order chi connectivity index (χ0) is 17.9. The van der Waals surface area contributed by atoms with Crippen molar-refractivity contribution in [1.29, 1.82) is 0 Å². The van der Waals surface area contributed by atoms with Crippen LogP contribution in [0.5, 0.6) is 0 Å². The maximum Gasteiger partial charge on any atom is 0.412 e. The molecular formula is C17H30N2O3Si. The lowest BCUT2D eigenvalue weighted by Crippen LogP contribution is -2.40. The second-order valence-corrected chi connectivity index (χ2v) is 13.1. The van der Waals surface area contributed by atoms with Crippen molar-refractivity contribution in [2.75, 3.05) is 5.32 Å². The van der Waals surface area contributed by atoms with E-state index in [1.165, 1.54) is 0 Å². The topological polar surface area (TPSA) is 60.5 Å². The lowest BCUT2D eigenvalue weighted by Gasteiger charge is -2.36. The third-order valence-corrected chi connectivity index (χ3v) is 8.32. The molecule has 23 heavy (non-hydrogen) atoms. The van der Waals surface area contributed by atoms with Gasteiger partial charge in [-0.05, 0) is 50.5 Å². The number of aromatic nitrogens is 1. The van der Waals surface area contributed by atoms with Crippen molar-refractivity contribution in [3.63, 3.8) is 0 Å². The van der Waals surface area contributed by atoms with Gasteiger partial charge in [-0.15, -0.1) is 0 Å². The number of nitrogens with one attached hydrogen (secondary N) is 1. The predicted octanol–water partition coefficient (Wildman–Crippen LogP) is 4.95. The molecule has 1 amide bonds. The van der Waals surface area contributed by atoms with E-state index in [0.29, 0.717) is 12.3 Å². The highest BCUT2D eigenvalue weighted by molar-refractivity contribution is 6.74. The van der Waals surface area contributed by atoms with Gasteiger partial charge in [0, 0.05) is 6.20 Å². The van der Waals surface area contributed by atoms with Gasteiger partial charge in [0.1, 0.15) is 5.60 Å². The minimum Gasteiger partial charge on any atom is -0.444 e. The molecule has 0 atom stereocenters. The van der Waals surface area contributed by atoms with Crippen molar-refractivity contribution in [2.24, 2.45) is 0 Å². The fourth-order valence-electron chi connectivity index (χ4n) is 1.54. The molecule has 0 aromatic carbocycles. The Balaban J connectivity index is 2.69. The summed E-state index contributed by atoms with van der Waals surface area (Å²) in [7, 11) is -1.81. The van der Waals surface area contributed by atoms with E-state index in [2.05, 4.69) is 44.2 Å². The van der Waals surface area contributed by atoms with E-state index in [1.54, 1.807) is 12.4 Å². The van der Waals surface area contributed by atoms with Gasteiger partial charge in [-0.25, -0.2) is 4.79 Å². The zero-order valence-corrected chi connectivity index (χ0v) is 16.6. The molecule has 130 valence electrons. The lowest BCUT2D eigenvalue weighted by atomic mass is 10.2. The molecule has 1 heterocycles. The first kappa shape index (κ1) is 19.6. The van der Waals surface area contributed by atoms with Gasteiger partial charge in [-0.2, -0.15) is 0 Å². The minimum absolute atomic E-state index is 0.160. The van der Waals surface area contributed by atoms with Crippen LogP contribution in [0, 0.1) is 0 Å². The molecule has 1 aromatic heterocycles. The van der Waals surface area contributed by atoms with Gasteiger partial charge < -0.3 is 9.16 Å². The highest BCUT2D eigenvalue weighted by Crippen LogP contribution is 2.37. The normalized spacial score (nSPS) is 12.9. The van der Waals surface area contributed by atoms with Crippen LogP contribution in [0.15, 0.2) is 18.5 Å². The molecule has 1 N–H and O–H groups in total. The van der Waals surface area contributed by atoms with Crippen LogP contribution in [0.25, 0.3) is 0 Å². The average Bonchev–Trinajstić information content (AvgIpc) is 2.33. The summed E-state index contributed by atoms with van der Waals surface area (Å²) >= 11 is 0. The Kier molecular flexibility index (Phi) is 5.98. The molecule has 6 heteroatoms. The van der Waals surface area contributed by atoms with Crippen molar-refractivity contribution >= 4 is 20.1 Å². The number of hydrogen-bond acceptors (Lipinski definition) is 4. The highest BCUT2D eigenvalue weighted by Gasteiger charge is 2.37. The van der Waals surface area contributed by atoms with Gasteiger partial charge in [0.05, 0.1) is 18.5 Å². The molecule has 5 nitrogen and oxygen atoms in total. The summed E-state index contributed by atoms with van der Waals surface area (Å²) in [4.78, 5) is 16.0. The number of hydrogen-bond donors (Lipinski definition) is 1. The summed E-state index contributed by atoms with van der Waals surface area (Å²) in [5, 5.41) is 2.86. The Morgan fingerprint density at radius 3 is 2.30 bits per heavy atom. The van der Waals surface area contributed by atoms with Gasteiger partial charge in [-0.1, -0.05) is 20.8 Å². The van der Waals surface area contributed by atoms with E-state index in [1.807, 2.05) is 26.8 Å². The molecule has 0 aliphatic carbocycles. The fourth-order valence-corrected chi connectivity index (χ4v) is 2.50. The number of amides is 1. The van der Waals surface area contributed by atoms with Crippen molar-refractivity contribution < 1.29 is 14.0 Å². The molecule has 1 aromatic rings. The smallest absolute Gasteiger partial charge is 0.412 e. The SMILES string of the molecule is CC(C)(C)OC(=O)Nc1cncc(CO[Si](C)(C)C(C)(C)C)c1. The number of anilines is 1. The Bertz CT molecular complexity index is 546. The summed E-state index contributed by atoms with van der Waals surface area (Å²) in [5.74, 6) is 0. The van der Waals surface area contributed by atoms with E-state index in [0.717, 1.165) is 5.56 Å². The highest BCUT2D eigenvalue weighted by atomic mass is 28.4. The van der Waals surface area contributed by atoms with Crippen molar-refractivity contribution in [1.82, 2.24) is 4.98 Å². The standard InChI is InChI=1S/C17H30N2O3Si/c1-16(2,3)22-15(20)19-14-9-13(10-18-11-14)12-21-23(7,8)17(4,5)6/h9-11H,12H2,1-8H3,(H,19,20). The van der Waals surface area contributed by atoms with Crippen LogP contribution in [-0.2, 0) is 15.8 Å². The Hall–Kier alpha value is -1.40. The molecule has 0 radical (unpaired) electrons. The zero-order valence-electron chi connectivity index (χ0n) is 15.6. The van der Waals surface area contributed by atoms with Crippen molar-refractivity contribution in [3.8, 4) is 0 Å². The quantitative estimate of drug-likeness (QED) is 0.789. The van der Waals surface area contributed by atoms with Crippen LogP contribution in [0.4, 0.5) is 10.5 Å². The summed E-state index contributed by atoms with van der Waals surface area (Å²) in [6.07, 6.45) is 2.87. The van der Waals surface area contributed by atoms with E-state index in [9.17, 15) is 4.79 Å². The predicted molar refractivity (Wildman–Crippen MR) is 96.1 cm³/mol. The van der Waals surface area contributed by atoms with Crippen LogP contribution < -0.4 is 5.32 Å². The number of rotatable bonds is 4. The van der Waals surface area contributed by atoms with Crippen LogP contribution in [0.1, 0.15) is 47.1 Å². The first-order chi connectivity index (χ1) is 10.3. The van der Waals surface area contributed by atoms with Gasteiger partial charge in [0.25, 0.3) is 0 Å². The van der Waals surface area contributed by atoms with Crippen LogP contribution in [0.2, 0.25) is 18.1 Å². The third-order valence-electron chi connectivity index (χ3n) is 3.85. The molecule has 0 aliphatic heterocycles. The van der Waals surface area contributed by atoms with Crippen molar-refractivity contribution in [3.05, 3.63) is 24.0 Å². The largest absolute Gasteiger partial charge is 0.444 e. The molecule has 0 saturated heterocycles. The van der Waals surface area contributed by atoms with Crippen molar-refractivity contribution in [2.45, 2.75) is 71.9 Å². The minimum atomic E-state index is -1.81. The van der Waals surface area contributed by atoms with Gasteiger partial charge in [-0.3, -0.25) is 10.3 Å². The number of carbonyl (C=O) groups excluding carboxylic acids is 1. The Morgan fingerprint density at radius 1 is 1.17 bits per heavy atom. The average molecular weight is 339 g/mol. The summed E-state index contributed by atoms with van der Waals surface area (Å²) in [6, 6.07) is 1.87. The van der Waals surface area contributed by atoms with E-state index >= 15 is 0 Å². The molecule has 0 aliphatic rings. The second-order valence-electron chi connectivity index (χ2n) is 8.26. The molecular weight excluding hydrogens is 308 g/mol. The van der Waals surface area contributed by atoms with Crippen LogP contribution in [0.3, 0.4) is 0 Å². The molecule has 0 bridgehead atoms. The monoisotopic (exact) mass is 338 g/mol. The summed E-state index contributed by atoms with van der Waals surface area (Å²) in [5.41, 5.74) is 1.01. The number of nitrogens with zero attached hydrogens (tertiary/aromatic N) is 1. The Labute approximate surface area is 140 Å². The first-order valence-electron chi connectivity index (χ1n) is 7.88. The molecule has 0 saturated carbocycles. The van der Waals surface area contributed by atoms with E-state index in [4.69, 9.17) is 9.16 Å². The fraction of sp³-hybridized carbons (Fsp3) is 0.647. The number of pyridine rings is 1. The molecule has 0 spiro atoms. The van der Waals surface area contributed by atoms with Gasteiger partial charge >= 0.3 is 6.09 Å². The van der Waals surface area contributed by atoms with Gasteiger partial charge in [0.2, 0.25) is 0 Å². The molecule has 0 fully saturated rings. The second kappa shape index (κ2) is 7.01. The number of ether oxygens (including phenoxy) is 1. The number of carbonyl (C=O) groups is 1. The third kappa shape index (κ3) is 6.70. The van der Waals surface area contributed by atoms with Gasteiger partial charge in [0.15, 0.2) is 8.32 Å². The van der Waals surface area contributed by atoms with E-state index in [-0.39, 0.29) is 5.04 Å². The maximum atomic E-state index is 11.8. The first-order valence-corrected chi connectivity index (χ1v) is 10.8. The van der Waals surface area contributed by atoms with Crippen LogP contribution >= 0.6 is 0 Å². The Morgan fingerprint density at radius 2 is 1.78 bits per heavy atom. The molecule has 0 unspecified atom stereocenters. The maximum absolute atomic E-state index is 11.8. The summed E-state index contributed by atoms with van der Waals surface area (Å²) in [6.45, 7) is 17.0. The van der Waals surface area contributed by atoms with Crippen LogP contribution in [-0.4, -0.2) is 25.0 Å². The van der Waals surface area contributed by atoms with E-state index < -0.39 is 20.0 Å². The summed E-state index contributed by atoms with van der Waals surface area (Å²) < 4.78 is 11.4. The molecule has 1 rings (SSSR count). The lowest BCUT2D eigenvalue weighted by molar-refractivity contribution is 0.0636.